The van der Waals surface area contributed by atoms with Gasteiger partial charge in [0.25, 0.3) is 11.8 Å². The molecule has 0 spiro atoms. The smallest absolute Gasteiger partial charge is 0.282 e. The fraction of sp³-hybridized carbons (Fsp3) is 0.214. The van der Waals surface area contributed by atoms with E-state index in [4.69, 9.17) is 0 Å². The molecule has 4 rings (SSSR count). The van der Waals surface area contributed by atoms with Crippen LogP contribution < -0.4 is 10.2 Å². The third-order valence-electron chi connectivity index (χ3n) is 6.28. The van der Waals surface area contributed by atoms with Crippen molar-refractivity contribution in [2.75, 3.05) is 10.2 Å². The minimum atomic E-state index is -0.340. The number of nitrogens with zero attached hydrogens (tertiary/aromatic N) is 1. The summed E-state index contributed by atoms with van der Waals surface area (Å²) < 4.78 is 0. The van der Waals surface area contributed by atoms with Crippen LogP contribution in [0.3, 0.4) is 0 Å². The van der Waals surface area contributed by atoms with Crippen molar-refractivity contribution in [1.82, 2.24) is 0 Å². The quantitative estimate of drug-likeness (QED) is 0.528. The van der Waals surface area contributed by atoms with E-state index in [9.17, 15) is 9.59 Å². The summed E-state index contributed by atoms with van der Waals surface area (Å²) in [6, 6.07) is 17.6. The van der Waals surface area contributed by atoms with Gasteiger partial charge in [0.15, 0.2) is 0 Å². The molecule has 162 valence electrons. The minimum absolute atomic E-state index is 0.310. The largest absolute Gasteiger partial charge is 0.350 e. The first kappa shape index (κ1) is 21.6. The molecule has 0 bridgehead atoms. The molecule has 4 nitrogen and oxygen atoms in total. The van der Waals surface area contributed by atoms with Gasteiger partial charge in [-0.05, 0) is 98.7 Å². The second kappa shape index (κ2) is 8.12. The summed E-state index contributed by atoms with van der Waals surface area (Å²) in [6.07, 6.45) is 0. The third kappa shape index (κ3) is 3.73. The van der Waals surface area contributed by atoms with Gasteiger partial charge in [-0.25, -0.2) is 4.90 Å². The molecule has 3 aromatic carbocycles. The highest BCUT2D eigenvalue weighted by atomic mass is 16.2. The topological polar surface area (TPSA) is 49.4 Å². The molecule has 1 aliphatic rings. The van der Waals surface area contributed by atoms with E-state index >= 15 is 0 Å². The van der Waals surface area contributed by atoms with Crippen LogP contribution in [0.4, 0.5) is 11.4 Å². The molecule has 0 saturated heterocycles. The number of hydrogen-bond donors (Lipinski definition) is 1. The van der Waals surface area contributed by atoms with Crippen molar-refractivity contribution < 1.29 is 9.59 Å². The van der Waals surface area contributed by atoms with Gasteiger partial charge in [-0.3, -0.25) is 9.59 Å². The maximum Gasteiger partial charge on any atom is 0.282 e. The first-order valence-electron chi connectivity index (χ1n) is 10.8. The number of hydrogen-bond acceptors (Lipinski definition) is 3. The zero-order valence-corrected chi connectivity index (χ0v) is 19.5. The van der Waals surface area contributed by atoms with Gasteiger partial charge in [-0.15, -0.1) is 0 Å². The molecule has 4 heteroatoms. The zero-order chi connectivity index (χ0) is 23.2. The Morgan fingerprint density at radius 1 is 0.625 bits per heavy atom. The van der Waals surface area contributed by atoms with Crippen LogP contribution in [0.2, 0.25) is 0 Å². The van der Waals surface area contributed by atoms with Crippen molar-refractivity contribution in [2.24, 2.45) is 0 Å². The molecule has 0 aliphatic carbocycles. The number of amides is 2. The fourth-order valence-corrected chi connectivity index (χ4v) is 3.91. The first-order valence-corrected chi connectivity index (χ1v) is 10.8. The maximum absolute atomic E-state index is 13.7. The lowest BCUT2D eigenvalue weighted by atomic mass is 9.99. The summed E-state index contributed by atoms with van der Waals surface area (Å²) in [4.78, 5) is 28.6. The van der Waals surface area contributed by atoms with Crippen LogP contribution in [0.25, 0.3) is 5.57 Å². The molecule has 0 aromatic heterocycles. The van der Waals surface area contributed by atoms with Gasteiger partial charge in [-0.2, -0.15) is 0 Å². The summed E-state index contributed by atoms with van der Waals surface area (Å²) >= 11 is 0. The van der Waals surface area contributed by atoms with Crippen LogP contribution in [-0.4, -0.2) is 11.8 Å². The Bertz CT molecular complexity index is 1300. The molecule has 0 unspecified atom stereocenters. The van der Waals surface area contributed by atoms with Crippen molar-refractivity contribution >= 4 is 28.8 Å². The van der Waals surface area contributed by atoms with Crippen LogP contribution >= 0.6 is 0 Å². The van der Waals surface area contributed by atoms with E-state index < -0.39 is 0 Å². The second-order valence-corrected chi connectivity index (χ2v) is 8.71. The number of imide groups is 1. The van der Waals surface area contributed by atoms with E-state index in [1.165, 1.54) is 4.90 Å². The summed E-state index contributed by atoms with van der Waals surface area (Å²) in [5.74, 6) is -0.651. The summed E-state index contributed by atoms with van der Waals surface area (Å²) in [5.41, 5.74) is 9.31. The normalized spacial score (nSPS) is 13.9. The molecule has 1 heterocycles. The molecular formula is C28H28N2O2. The lowest BCUT2D eigenvalue weighted by molar-refractivity contribution is -0.120. The Morgan fingerprint density at radius 3 is 1.91 bits per heavy atom. The SMILES string of the molecule is Cc1ccc(C)c(NC2=C(c3ccc(C)c(C)c3)C(=O)N(c3ccc(C)c(C)c3)C2=O)c1. The highest BCUT2D eigenvalue weighted by Gasteiger charge is 2.40. The monoisotopic (exact) mass is 424 g/mol. The maximum atomic E-state index is 13.7. The Labute approximate surface area is 189 Å². The molecule has 1 aliphatic heterocycles. The average molecular weight is 425 g/mol. The van der Waals surface area contributed by atoms with Gasteiger partial charge in [0.05, 0.1) is 11.3 Å². The summed E-state index contributed by atoms with van der Waals surface area (Å²) in [5, 5.41) is 3.31. The minimum Gasteiger partial charge on any atom is -0.350 e. The van der Waals surface area contributed by atoms with Gasteiger partial charge in [-0.1, -0.05) is 36.4 Å². The Kier molecular flexibility index (Phi) is 5.47. The lowest BCUT2D eigenvalue weighted by Gasteiger charge is -2.17. The van der Waals surface area contributed by atoms with E-state index in [0.717, 1.165) is 44.6 Å². The average Bonchev–Trinajstić information content (AvgIpc) is 2.99. The Balaban J connectivity index is 1.88. The predicted molar refractivity (Wildman–Crippen MR) is 131 cm³/mol. The molecule has 2 amide bonds. The van der Waals surface area contributed by atoms with Crippen LogP contribution in [-0.2, 0) is 9.59 Å². The van der Waals surface area contributed by atoms with Crippen molar-refractivity contribution in [3.63, 3.8) is 0 Å². The number of aryl methyl sites for hydroxylation is 6. The number of carbonyl (C=O) groups excluding carboxylic acids is 2. The van der Waals surface area contributed by atoms with E-state index in [2.05, 4.69) is 5.32 Å². The number of benzene rings is 3. The summed E-state index contributed by atoms with van der Waals surface area (Å²) in [7, 11) is 0. The first-order chi connectivity index (χ1) is 15.2. The highest BCUT2D eigenvalue weighted by molar-refractivity contribution is 6.46. The van der Waals surface area contributed by atoms with Gasteiger partial charge in [0.1, 0.15) is 5.70 Å². The predicted octanol–water partition coefficient (Wildman–Crippen LogP) is 5.93. The van der Waals surface area contributed by atoms with E-state index in [-0.39, 0.29) is 11.8 Å². The van der Waals surface area contributed by atoms with Crippen molar-refractivity contribution in [2.45, 2.75) is 41.5 Å². The number of carbonyl (C=O) groups is 2. The molecule has 3 aromatic rings. The molecule has 1 N–H and O–H groups in total. The van der Waals surface area contributed by atoms with Crippen LogP contribution in [0.1, 0.15) is 38.9 Å². The second-order valence-electron chi connectivity index (χ2n) is 8.71. The van der Waals surface area contributed by atoms with Gasteiger partial charge in [0.2, 0.25) is 0 Å². The molecule has 32 heavy (non-hydrogen) atoms. The van der Waals surface area contributed by atoms with Crippen LogP contribution in [0.5, 0.6) is 0 Å². The molecule has 0 radical (unpaired) electrons. The zero-order valence-electron chi connectivity index (χ0n) is 19.5. The Morgan fingerprint density at radius 2 is 1.25 bits per heavy atom. The van der Waals surface area contributed by atoms with E-state index in [1.807, 2.05) is 96.1 Å². The molecule has 0 saturated carbocycles. The van der Waals surface area contributed by atoms with Gasteiger partial charge in [0, 0.05) is 5.69 Å². The summed E-state index contributed by atoms with van der Waals surface area (Å²) in [6.45, 7) is 12.0. The standard InChI is InChI=1S/C28H28N2O2/c1-16-7-8-19(4)24(13-16)29-26-25(22-11-9-17(2)20(5)14-22)27(31)30(28(26)32)23-12-10-18(3)21(6)15-23/h7-15,29H,1-6H3. The van der Waals surface area contributed by atoms with Crippen LogP contribution in [0, 0.1) is 41.5 Å². The molecule has 0 fully saturated rings. The van der Waals surface area contributed by atoms with Crippen molar-refractivity contribution in [3.05, 3.63) is 99.2 Å². The number of nitrogens with one attached hydrogen (secondary N) is 1. The third-order valence-corrected chi connectivity index (χ3v) is 6.28. The number of rotatable bonds is 4. The number of anilines is 2. The highest BCUT2D eigenvalue weighted by Crippen LogP contribution is 2.35. The lowest BCUT2D eigenvalue weighted by Crippen LogP contribution is -2.32. The molecular weight excluding hydrogens is 396 g/mol. The van der Waals surface area contributed by atoms with Crippen molar-refractivity contribution in [3.8, 4) is 0 Å². The van der Waals surface area contributed by atoms with Crippen LogP contribution in [0.15, 0.2) is 60.3 Å². The van der Waals surface area contributed by atoms with E-state index in [1.54, 1.807) is 0 Å². The van der Waals surface area contributed by atoms with Gasteiger partial charge >= 0.3 is 0 Å². The van der Waals surface area contributed by atoms with Gasteiger partial charge < -0.3 is 5.32 Å². The molecule has 0 atom stereocenters. The fourth-order valence-electron chi connectivity index (χ4n) is 3.91. The Hall–Kier alpha value is -3.66. The van der Waals surface area contributed by atoms with E-state index in [0.29, 0.717) is 17.0 Å². The van der Waals surface area contributed by atoms with Crippen molar-refractivity contribution in [1.29, 1.82) is 0 Å².